The number of ether oxygens (including phenoxy) is 1. The van der Waals surface area contributed by atoms with Crippen molar-refractivity contribution in [3.8, 4) is 0 Å². The molecule has 0 unspecified atom stereocenters. The van der Waals surface area contributed by atoms with Gasteiger partial charge in [0.1, 0.15) is 0 Å². The lowest BCUT2D eigenvalue weighted by atomic mass is 9.91. The maximum absolute atomic E-state index is 12.0. The van der Waals surface area contributed by atoms with E-state index in [9.17, 15) is 14.7 Å². The fraction of sp³-hybridized carbons (Fsp3) is 0.263. The van der Waals surface area contributed by atoms with Gasteiger partial charge < -0.3 is 9.84 Å². The van der Waals surface area contributed by atoms with Gasteiger partial charge in [0, 0.05) is 0 Å². The zero-order valence-corrected chi connectivity index (χ0v) is 13.0. The Balaban J connectivity index is 2.06. The third-order valence-corrected chi connectivity index (χ3v) is 4.35. The molecule has 4 nitrogen and oxygen atoms in total. The molecule has 4 heteroatoms. The first-order valence-corrected chi connectivity index (χ1v) is 7.63. The molecule has 0 aromatic heterocycles. The maximum atomic E-state index is 12.0. The predicted octanol–water partition coefficient (Wildman–Crippen LogP) is 3.06. The normalized spacial score (nSPS) is 13.3. The zero-order valence-electron chi connectivity index (χ0n) is 13.0. The van der Waals surface area contributed by atoms with Gasteiger partial charge in [-0.15, -0.1) is 0 Å². The molecule has 0 amide bonds. The highest BCUT2D eigenvalue weighted by Gasteiger charge is 2.17. The number of aryl methyl sites for hydroxylation is 4. The molecule has 118 valence electrons. The molecule has 1 N–H and O–H groups in total. The molecule has 23 heavy (non-hydrogen) atoms. The monoisotopic (exact) mass is 310 g/mol. The van der Waals surface area contributed by atoms with Crippen LogP contribution in [0, 0.1) is 0 Å². The van der Waals surface area contributed by atoms with Crippen LogP contribution in [-0.2, 0) is 30.4 Å². The minimum atomic E-state index is -0.902. The second-order valence-electron chi connectivity index (χ2n) is 5.78. The van der Waals surface area contributed by atoms with Crippen LogP contribution in [0.3, 0.4) is 0 Å². The van der Waals surface area contributed by atoms with Gasteiger partial charge in [-0.1, -0.05) is 24.3 Å². The van der Waals surface area contributed by atoms with Gasteiger partial charge in [-0.3, -0.25) is 0 Å². The number of methoxy groups -OCH3 is 1. The van der Waals surface area contributed by atoms with Crippen molar-refractivity contribution in [3.63, 3.8) is 0 Å². The molecular formula is C19H18O4. The second kappa shape index (κ2) is 6.24. The summed E-state index contributed by atoms with van der Waals surface area (Å²) in [7, 11) is 1.38. The van der Waals surface area contributed by atoms with Crippen LogP contribution in [0.5, 0.6) is 0 Å². The first-order valence-electron chi connectivity index (χ1n) is 7.63. The molecule has 0 atom stereocenters. The van der Waals surface area contributed by atoms with Crippen LogP contribution in [0.4, 0.5) is 0 Å². The number of aromatic carboxylic acids is 1. The molecule has 4 bridgehead atoms. The summed E-state index contributed by atoms with van der Waals surface area (Å²) in [6.07, 6.45) is 2.67. The zero-order chi connectivity index (χ0) is 16.4. The molecule has 0 saturated heterocycles. The molecule has 6 rings (SSSR count). The lowest BCUT2D eigenvalue weighted by molar-refractivity contribution is 0.0598. The summed E-state index contributed by atoms with van der Waals surface area (Å²) in [5, 5.41) is 9.43. The Hall–Kier alpha value is -2.62. The van der Waals surface area contributed by atoms with Crippen LogP contribution in [0.2, 0.25) is 0 Å². The summed E-state index contributed by atoms with van der Waals surface area (Å²) in [4.78, 5) is 23.5. The van der Waals surface area contributed by atoms with E-state index >= 15 is 0 Å². The van der Waals surface area contributed by atoms with E-state index in [4.69, 9.17) is 4.74 Å². The minimum absolute atomic E-state index is 0.341. The predicted molar refractivity (Wildman–Crippen MR) is 86.0 cm³/mol. The largest absolute Gasteiger partial charge is 0.478 e. The fourth-order valence-electron chi connectivity index (χ4n) is 3.05. The molecular weight excluding hydrogens is 292 g/mol. The molecule has 4 aliphatic carbocycles. The molecule has 0 spiro atoms. The van der Waals surface area contributed by atoms with E-state index in [0.717, 1.165) is 35.1 Å². The molecule has 2 aromatic carbocycles. The van der Waals surface area contributed by atoms with Crippen LogP contribution in [0.25, 0.3) is 0 Å². The van der Waals surface area contributed by atoms with Gasteiger partial charge in [0.25, 0.3) is 0 Å². The van der Waals surface area contributed by atoms with Gasteiger partial charge >= 0.3 is 11.9 Å². The van der Waals surface area contributed by atoms with Crippen LogP contribution >= 0.6 is 0 Å². The number of carboxylic acid groups (broad SMARTS) is 1. The Labute approximate surface area is 134 Å². The van der Waals surface area contributed by atoms with Crippen molar-refractivity contribution in [1.29, 1.82) is 0 Å². The van der Waals surface area contributed by atoms with Crippen molar-refractivity contribution >= 4 is 11.9 Å². The standard InChI is InChI=1S/C19H18O4/c1-23-19(22)17-11-13-3-2-12-4-6-14(16(10-12)18(20)21)8-9-15(17)7-5-13/h4-7,10-11H,2-3,8-9H2,1H3,(H,20,21). The SMILES string of the molecule is COC(=O)c1cc2ccc1CCc1ccc(cc1C(=O)O)CC2. The van der Waals surface area contributed by atoms with Gasteiger partial charge in [-0.2, -0.15) is 0 Å². The molecule has 0 aliphatic heterocycles. The first kappa shape index (κ1) is 15.3. The molecule has 0 fully saturated rings. The van der Waals surface area contributed by atoms with Crippen molar-refractivity contribution in [2.75, 3.05) is 7.11 Å². The highest BCUT2D eigenvalue weighted by molar-refractivity contribution is 5.91. The molecule has 0 saturated carbocycles. The Morgan fingerprint density at radius 3 is 1.91 bits per heavy atom. The summed E-state index contributed by atoms with van der Waals surface area (Å²) in [6, 6.07) is 11.5. The summed E-state index contributed by atoms with van der Waals surface area (Å²) in [6.45, 7) is 0. The van der Waals surface area contributed by atoms with Crippen LogP contribution in [-0.4, -0.2) is 24.2 Å². The Bertz CT molecular complexity index is 777. The highest BCUT2D eigenvalue weighted by Crippen LogP contribution is 2.22. The number of carbonyl (C=O) groups is 2. The number of benzene rings is 2. The van der Waals surface area contributed by atoms with E-state index in [1.54, 1.807) is 6.07 Å². The molecule has 0 radical (unpaired) electrons. The summed E-state index contributed by atoms with van der Waals surface area (Å²) < 4.78 is 4.88. The summed E-state index contributed by atoms with van der Waals surface area (Å²) in [5.41, 5.74) is 4.67. The number of rotatable bonds is 2. The quantitative estimate of drug-likeness (QED) is 0.866. The van der Waals surface area contributed by atoms with Gasteiger partial charge in [0.05, 0.1) is 18.2 Å². The van der Waals surface area contributed by atoms with E-state index in [2.05, 4.69) is 0 Å². The highest BCUT2D eigenvalue weighted by atomic mass is 16.5. The number of hydrogen-bond acceptors (Lipinski definition) is 3. The summed E-state index contributed by atoms with van der Waals surface area (Å²) in [5.74, 6) is -1.24. The number of carbonyl (C=O) groups excluding carboxylic acids is 1. The van der Waals surface area contributed by atoms with Crippen LogP contribution in [0.15, 0.2) is 36.4 Å². The van der Waals surface area contributed by atoms with Crippen molar-refractivity contribution in [2.45, 2.75) is 25.7 Å². The average molecular weight is 310 g/mol. The van der Waals surface area contributed by atoms with Gasteiger partial charge in [-0.25, -0.2) is 9.59 Å². The van der Waals surface area contributed by atoms with E-state index < -0.39 is 5.97 Å². The number of hydrogen-bond donors (Lipinski definition) is 1. The summed E-state index contributed by atoms with van der Waals surface area (Å²) >= 11 is 0. The van der Waals surface area contributed by atoms with Gasteiger partial charge in [0.15, 0.2) is 0 Å². The average Bonchev–Trinajstić information content (AvgIpc) is 2.55. The molecule has 0 heterocycles. The number of carboxylic acids is 1. The van der Waals surface area contributed by atoms with Crippen LogP contribution in [0.1, 0.15) is 43.0 Å². The Morgan fingerprint density at radius 1 is 0.870 bits per heavy atom. The lowest BCUT2D eigenvalue weighted by Gasteiger charge is -2.14. The fourth-order valence-corrected chi connectivity index (χ4v) is 3.05. The molecule has 4 aliphatic rings. The van der Waals surface area contributed by atoms with Crippen molar-refractivity contribution in [1.82, 2.24) is 0 Å². The first-order chi connectivity index (χ1) is 11.1. The maximum Gasteiger partial charge on any atom is 0.338 e. The second-order valence-corrected chi connectivity index (χ2v) is 5.78. The van der Waals surface area contributed by atoms with Crippen molar-refractivity contribution in [3.05, 3.63) is 69.8 Å². The van der Waals surface area contributed by atoms with Crippen molar-refractivity contribution < 1.29 is 19.4 Å². The van der Waals surface area contributed by atoms with E-state index in [1.165, 1.54) is 7.11 Å². The third-order valence-electron chi connectivity index (χ3n) is 4.35. The van der Waals surface area contributed by atoms with Gasteiger partial charge in [-0.05, 0) is 60.1 Å². The minimum Gasteiger partial charge on any atom is -0.478 e. The Kier molecular flexibility index (Phi) is 4.15. The van der Waals surface area contributed by atoms with E-state index in [1.807, 2.05) is 30.3 Å². The van der Waals surface area contributed by atoms with E-state index in [0.29, 0.717) is 24.0 Å². The smallest absolute Gasteiger partial charge is 0.338 e. The lowest BCUT2D eigenvalue weighted by Crippen LogP contribution is -2.11. The number of esters is 1. The van der Waals surface area contributed by atoms with Crippen LogP contribution < -0.4 is 0 Å². The van der Waals surface area contributed by atoms with E-state index in [-0.39, 0.29) is 5.97 Å². The topological polar surface area (TPSA) is 63.6 Å². The molecule has 2 aromatic rings. The van der Waals surface area contributed by atoms with Gasteiger partial charge in [0.2, 0.25) is 0 Å². The third kappa shape index (κ3) is 3.11. The van der Waals surface area contributed by atoms with Crippen molar-refractivity contribution in [2.24, 2.45) is 0 Å². The Morgan fingerprint density at radius 2 is 1.39 bits per heavy atom.